The van der Waals surface area contributed by atoms with Gasteiger partial charge in [0.05, 0.1) is 19.8 Å². The maximum absolute atomic E-state index is 11.9. The Labute approximate surface area is 115 Å². The number of benzene rings is 1. The van der Waals surface area contributed by atoms with E-state index in [1.807, 2.05) is 0 Å². The van der Waals surface area contributed by atoms with Crippen LogP contribution in [0.2, 0.25) is 0 Å². The number of carbonyl (C=O) groups is 2. The number of ether oxygens (including phenoxy) is 2. The van der Waals surface area contributed by atoms with Gasteiger partial charge in [-0.25, -0.2) is 0 Å². The lowest BCUT2D eigenvalue weighted by Crippen LogP contribution is -2.39. The smallest absolute Gasteiger partial charge is 0.251 e. The normalized spacial score (nSPS) is 15.1. The largest absolute Gasteiger partial charge is 0.490 e. The van der Waals surface area contributed by atoms with Crippen LogP contribution in [-0.4, -0.2) is 42.8 Å². The third-order valence-corrected chi connectivity index (χ3v) is 2.79. The molecule has 4 N–H and O–H groups in total. The minimum atomic E-state index is -1.40. The fraction of sp³-hybridized carbons (Fsp3) is 0.385. The standard InChI is InChI=1S/C13H16N2O5/c14-12(17)9(16)7-15-13(18)8-2-3-10-11(6-8)20-5-1-4-19-10/h2-3,6,9,16H,1,4-5,7H2,(H2,14,17)(H,15,18). The van der Waals surface area contributed by atoms with Crippen LogP contribution in [0, 0.1) is 0 Å². The molecule has 2 rings (SSSR count). The molecule has 0 radical (unpaired) electrons. The molecule has 7 nitrogen and oxygen atoms in total. The van der Waals surface area contributed by atoms with E-state index >= 15 is 0 Å². The predicted molar refractivity (Wildman–Crippen MR) is 69.6 cm³/mol. The number of fused-ring (bicyclic) bond motifs is 1. The Morgan fingerprint density at radius 2 is 2.00 bits per heavy atom. The fourth-order valence-electron chi connectivity index (χ4n) is 1.70. The molecule has 1 aliphatic heterocycles. The van der Waals surface area contributed by atoms with Crippen LogP contribution < -0.4 is 20.5 Å². The van der Waals surface area contributed by atoms with E-state index in [0.29, 0.717) is 30.3 Å². The number of aliphatic hydroxyl groups is 1. The summed E-state index contributed by atoms with van der Waals surface area (Å²) < 4.78 is 10.9. The maximum atomic E-state index is 11.9. The highest BCUT2D eigenvalue weighted by Crippen LogP contribution is 2.30. The van der Waals surface area contributed by atoms with Gasteiger partial charge in [-0.1, -0.05) is 0 Å². The van der Waals surface area contributed by atoms with Crippen molar-refractivity contribution in [2.24, 2.45) is 5.73 Å². The van der Waals surface area contributed by atoms with E-state index < -0.39 is 17.9 Å². The fourth-order valence-corrected chi connectivity index (χ4v) is 1.70. The van der Waals surface area contributed by atoms with Crippen LogP contribution in [0.25, 0.3) is 0 Å². The van der Waals surface area contributed by atoms with E-state index in [2.05, 4.69) is 5.32 Å². The third-order valence-electron chi connectivity index (χ3n) is 2.79. The molecular formula is C13H16N2O5. The number of hydrogen-bond acceptors (Lipinski definition) is 5. The van der Waals surface area contributed by atoms with Gasteiger partial charge in [0.1, 0.15) is 6.10 Å². The number of rotatable bonds is 4. The van der Waals surface area contributed by atoms with Gasteiger partial charge in [-0.2, -0.15) is 0 Å². The molecule has 0 saturated heterocycles. The second-order valence-corrected chi connectivity index (χ2v) is 4.34. The van der Waals surface area contributed by atoms with Crippen LogP contribution in [0.5, 0.6) is 11.5 Å². The van der Waals surface area contributed by atoms with Crippen molar-refractivity contribution in [1.82, 2.24) is 5.32 Å². The van der Waals surface area contributed by atoms with Crippen molar-refractivity contribution in [2.45, 2.75) is 12.5 Å². The number of carbonyl (C=O) groups excluding carboxylic acids is 2. The molecule has 1 heterocycles. The topological polar surface area (TPSA) is 111 Å². The summed E-state index contributed by atoms with van der Waals surface area (Å²) in [5.41, 5.74) is 5.25. The van der Waals surface area contributed by atoms with Crippen molar-refractivity contribution < 1.29 is 24.2 Å². The molecule has 1 aliphatic rings. The van der Waals surface area contributed by atoms with Gasteiger partial charge in [-0.15, -0.1) is 0 Å². The Balaban J connectivity index is 2.03. The number of hydrogen-bond donors (Lipinski definition) is 3. The quantitative estimate of drug-likeness (QED) is 0.683. The molecule has 20 heavy (non-hydrogen) atoms. The molecule has 0 fully saturated rings. The molecule has 1 atom stereocenters. The van der Waals surface area contributed by atoms with E-state index in [-0.39, 0.29) is 6.54 Å². The van der Waals surface area contributed by atoms with Gasteiger partial charge in [0, 0.05) is 12.0 Å². The highest BCUT2D eigenvalue weighted by Gasteiger charge is 2.16. The second-order valence-electron chi connectivity index (χ2n) is 4.34. The Bertz CT molecular complexity index is 517. The minimum absolute atomic E-state index is 0.234. The van der Waals surface area contributed by atoms with Gasteiger partial charge in [0.25, 0.3) is 5.91 Å². The van der Waals surface area contributed by atoms with Crippen LogP contribution in [0.3, 0.4) is 0 Å². The van der Waals surface area contributed by atoms with Crippen LogP contribution in [0.15, 0.2) is 18.2 Å². The molecular weight excluding hydrogens is 264 g/mol. The van der Waals surface area contributed by atoms with E-state index in [4.69, 9.17) is 15.2 Å². The van der Waals surface area contributed by atoms with E-state index in [0.717, 1.165) is 6.42 Å². The first-order valence-electron chi connectivity index (χ1n) is 6.23. The van der Waals surface area contributed by atoms with Crippen LogP contribution in [-0.2, 0) is 4.79 Å². The lowest BCUT2D eigenvalue weighted by molar-refractivity contribution is -0.125. The lowest BCUT2D eigenvalue weighted by Gasteiger charge is -2.11. The Kier molecular flexibility index (Phi) is 4.41. The molecule has 0 bridgehead atoms. The molecule has 7 heteroatoms. The zero-order chi connectivity index (χ0) is 14.5. The number of primary amides is 1. The van der Waals surface area contributed by atoms with Gasteiger partial charge in [-0.05, 0) is 18.2 Å². The number of aliphatic hydroxyl groups excluding tert-OH is 1. The monoisotopic (exact) mass is 280 g/mol. The highest BCUT2D eigenvalue weighted by molar-refractivity contribution is 5.95. The van der Waals surface area contributed by atoms with E-state index in [9.17, 15) is 14.7 Å². The summed E-state index contributed by atoms with van der Waals surface area (Å²) in [5, 5.41) is 11.6. The van der Waals surface area contributed by atoms with E-state index in [1.165, 1.54) is 0 Å². The zero-order valence-corrected chi connectivity index (χ0v) is 10.8. The number of nitrogens with one attached hydrogen (secondary N) is 1. The zero-order valence-electron chi connectivity index (χ0n) is 10.8. The summed E-state index contributed by atoms with van der Waals surface area (Å²) in [6, 6.07) is 4.80. The molecule has 0 aromatic heterocycles. The van der Waals surface area contributed by atoms with Gasteiger partial charge in [0.2, 0.25) is 5.91 Å². The lowest BCUT2D eigenvalue weighted by atomic mass is 10.2. The van der Waals surface area contributed by atoms with Crippen LogP contribution >= 0.6 is 0 Å². The molecule has 1 unspecified atom stereocenters. The Hall–Kier alpha value is -2.28. The number of amides is 2. The van der Waals surface area contributed by atoms with Gasteiger partial charge in [-0.3, -0.25) is 9.59 Å². The van der Waals surface area contributed by atoms with Gasteiger partial charge < -0.3 is 25.6 Å². The molecule has 1 aromatic rings. The van der Waals surface area contributed by atoms with Crippen molar-refractivity contribution in [2.75, 3.05) is 19.8 Å². The summed E-state index contributed by atoms with van der Waals surface area (Å²) >= 11 is 0. The van der Waals surface area contributed by atoms with E-state index in [1.54, 1.807) is 18.2 Å². The van der Waals surface area contributed by atoms with Crippen molar-refractivity contribution >= 4 is 11.8 Å². The molecule has 2 amide bonds. The average Bonchev–Trinajstić information content (AvgIpc) is 2.68. The summed E-state index contributed by atoms with van der Waals surface area (Å²) in [6.07, 6.45) is -0.625. The summed E-state index contributed by atoms with van der Waals surface area (Å²) in [6.45, 7) is 0.865. The molecule has 0 spiro atoms. The van der Waals surface area contributed by atoms with Gasteiger partial charge in [0.15, 0.2) is 11.5 Å². The van der Waals surface area contributed by atoms with Gasteiger partial charge >= 0.3 is 0 Å². The first-order valence-corrected chi connectivity index (χ1v) is 6.23. The van der Waals surface area contributed by atoms with Crippen LogP contribution in [0.4, 0.5) is 0 Å². The minimum Gasteiger partial charge on any atom is -0.490 e. The molecule has 0 saturated carbocycles. The SMILES string of the molecule is NC(=O)C(O)CNC(=O)c1ccc2c(c1)OCCCO2. The third kappa shape index (κ3) is 3.39. The second kappa shape index (κ2) is 6.25. The molecule has 1 aromatic carbocycles. The summed E-state index contributed by atoms with van der Waals surface area (Å²) in [5.74, 6) is -0.216. The van der Waals surface area contributed by atoms with Crippen molar-refractivity contribution in [3.63, 3.8) is 0 Å². The molecule has 0 aliphatic carbocycles. The van der Waals surface area contributed by atoms with Crippen molar-refractivity contribution in [3.8, 4) is 11.5 Å². The van der Waals surface area contributed by atoms with Crippen molar-refractivity contribution in [1.29, 1.82) is 0 Å². The predicted octanol–water partition coefficient (Wildman–Crippen LogP) is -0.576. The first kappa shape index (κ1) is 14.1. The first-order chi connectivity index (χ1) is 9.58. The summed E-state index contributed by atoms with van der Waals surface area (Å²) in [4.78, 5) is 22.5. The highest BCUT2D eigenvalue weighted by atomic mass is 16.5. The Morgan fingerprint density at radius 1 is 1.30 bits per heavy atom. The number of nitrogens with two attached hydrogens (primary N) is 1. The maximum Gasteiger partial charge on any atom is 0.251 e. The van der Waals surface area contributed by atoms with Crippen molar-refractivity contribution in [3.05, 3.63) is 23.8 Å². The van der Waals surface area contributed by atoms with Crippen LogP contribution in [0.1, 0.15) is 16.8 Å². The summed E-state index contributed by atoms with van der Waals surface area (Å²) in [7, 11) is 0. The molecule has 108 valence electrons. The Morgan fingerprint density at radius 3 is 2.70 bits per heavy atom. The average molecular weight is 280 g/mol.